The Bertz CT molecular complexity index is 1140. The van der Waals surface area contributed by atoms with Gasteiger partial charge in [-0.05, 0) is 42.5 Å². The third-order valence-electron chi connectivity index (χ3n) is 4.03. The van der Waals surface area contributed by atoms with Crippen LogP contribution in [0.25, 0.3) is 27.8 Å². The lowest BCUT2D eigenvalue weighted by Crippen LogP contribution is -2.00. The second-order valence-electron chi connectivity index (χ2n) is 5.81. The van der Waals surface area contributed by atoms with Gasteiger partial charge in [0.05, 0.1) is 28.8 Å². The van der Waals surface area contributed by atoms with E-state index < -0.39 is 5.97 Å². The first-order valence-corrected chi connectivity index (χ1v) is 8.12. The fourth-order valence-electron chi connectivity index (χ4n) is 2.87. The van der Waals surface area contributed by atoms with Crippen LogP contribution in [-0.2, 0) is 0 Å². The van der Waals surface area contributed by atoms with Crippen LogP contribution in [0, 0.1) is 0 Å². The Morgan fingerprint density at radius 2 is 2.00 bits per heavy atom. The Kier molecular flexibility index (Phi) is 3.82. The van der Waals surface area contributed by atoms with Crippen LogP contribution in [-0.4, -0.2) is 25.6 Å². The summed E-state index contributed by atoms with van der Waals surface area (Å²) in [5.41, 5.74) is 9.11. The summed E-state index contributed by atoms with van der Waals surface area (Å²) >= 11 is 6.13. The van der Waals surface area contributed by atoms with Gasteiger partial charge >= 0.3 is 5.97 Å². The molecule has 6 nitrogen and oxygen atoms in total. The van der Waals surface area contributed by atoms with E-state index in [-0.39, 0.29) is 5.56 Å². The average Bonchev–Trinajstić information content (AvgIpc) is 3.14. The molecule has 3 N–H and O–H groups in total. The van der Waals surface area contributed by atoms with Gasteiger partial charge in [0.2, 0.25) is 0 Å². The number of carboxylic acids is 1. The number of hydrogen-bond donors (Lipinski definition) is 2. The standard InChI is InChI=1S/C19H13ClN4O2/c20-13-1-2-15-17(8-13)23-16(9-18(15)24-4-3-22-10-24)11-5-12(19(25)26)7-14(21)6-11/h1-10H,21H2,(H,25,26). The maximum atomic E-state index is 11.3. The summed E-state index contributed by atoms with van der Waals surface area (Å²) in [6.45, 7) is 0. The van der Waals surface area contributed by atoms with Crippen molar-refractivity contribution >= 4 is 34.2 Å². The van der Waals surface area contributed by atoms with Crippen LogP contribution in [0.3, 0.4) is 0 Å². The van der Waals surface area contributed by atoms with Crippen LogP contribution >= 0.6 is 11.6 Å². The van der Waals surface area contributed by atoms with E-state index >= 15 is 0 Å². The molecule has 0 aliphatic heterocycles. The number of fused-ring (bicyclic) bond motifs is 1. The molecule has 0 aliphatic rings. The molecule has 2 aromatic carbocycles. The lowest BCUT2D eigenvalue weighted by molar-refractivity contribution is 0.0697. The summed E-state index contributed by atoms with van der Waals surface area (Å²) in [5, 5.41) is 10.8. The third kappa shape index (κ3) is 2.87. The molecule has 26 heavy (non-hydrogen) atoms. The summed E-state index contributed by atoms with van der Waals surface area (Å²) in [6.07, 6.45) is 5.20. The number of nitrogens with two attached hydrogens (primary N) is 1. The van der Waals surface area contributed by atoms with E-state index in [9.17, 15) is 9.90 Å². The topological polar surface area (TPSA) is 94.0 Å². The van der Waals surface area contributed by atoms with E-state index in [0.717, 1.165) is 11.1 Å². The molecule has 2 aromatic heterocycles. The number of nitrogen functional groups attached to an aromatic ring is 1. The van der Waals surface area contributed by atoms with Crippen molar-refractivity contribution in [2.75, 3.05) is 5.73 Å². The van der Waals surface area contributed by atoms with Crippen LogP contribution in [0.15, 0.2) is 61.2 Å². The number of carbonyl (C=O) groups is 1. The number of halogens is 1. The summed E-state index contributed by atoms with van der Waals surface area (Å²) in [5.74, 6) is -1.04. The number of rotatable bonds is 3. The molecule has 128 valence electrons. The highest BCUT2D eigenvalue weighted by Gasteiger charge is 2.12. The second-order valence-corrected chi connectivity index (χ2v) is 6.24. The van der Waals surface area contributed by atoms with Gasteiger partial charge in [0, 0.05) is 34.1 Å². The van der Waals surface area contributed by atoms with Gasteiger partial charge in [-0.25, -0.2) is 14.8 Å². The molecule has 0 radical (unpaired) electrons. The molecule has 0 fully saturated rings. The molecule has 0 amide bonds. The van der Waals surface area contributed by atoms with Crippen LogP contribution < -0.4 is 5.73 Å². The average molecular weight is 365 g/mol. The third-order valence-corrected chi connectivity index (χ3v) is 4.27. The maximum absolute atomic E-state index is 11.3. The van der Waals surface area contributed by atoms with Gasteiger partial charge in [-0.2, -0.15) is 0 Å². The van der Waals surface area contributed by atoms with E-state index in [1.807, 2.05) is 22.9 Å². The smallest absolute Gasteiger partial charge is 0.335 e. The van der Waals surface area contributed by atoms with E-state index in [0.29, 0.717) is 27.5 Å². The van der Waals surface area contributed by atoms with Crippen LogP contribution in [0.2, 0.25) is 5.02 Å². The van der Waals surface area contributed by atoms with Gasteiger partial charge in [-0.3, -0.25) is 0 Å². The van der Waals surface area contributed by atoms with Crippen LogP contribution in [0.1, 0.15) is 10.4 Å². The first-order chi connectivity index (χ1) is 12.5. The lowest BCUT2D eigenvalue weighted by Gasteiger charge is -2.12. The molecule has 0 unspecified atom stereocenters. The first-order valence-electron chi connectivity index (χ1n) is 7.74. The van der Waals surface area contributed by atoms with Crippen molar-refractivity contribution in [3.8, 4) is 16.9 Å². The minimum atomic E-state index is -1.04. The molecular formula is C19H13ClN4O2. The Morgan fingerprint density at radius 1 is 1.15 bits per heavy atom. The second kappa shape index (κ2) is 6.16. The van der Waals surface area contributed by atoms with Gasteiger partial charge in [-0.15, -0.1) is 0 Å². The molecule has 4 rings (SSSR count). The molecule has 7 heteroatoms. The lowest BCUT2D eigenvalue weighted by atomic mass is 10.0. The van der Waals surface area contributed by atoms with Crippen molar-refractivity contribution in [2.45, 2.75) is 0 Å². The van der Waals surface area contributed by atoms with Gasteiger partial charge in [-0.1, -0.05) is 11.6 Å². The van der Waals surface area contributed by atoms with Gasteiger partial charge < -0.3 is 15.4 Å². The van der Waals surface area contributed by atoms with E-state index in [1.165, 1.54) is 6.07 Å². The normalized spacial score (nSPS) is 11.0. The number of nitrogens with zero attached hydrogens (tertiary/aromatic N) is 3. The number of imidazole rings is 1. The molecule has 0 saturated carbocycles. The zero-order valence-corrected chi connectivity index (χ0v) is 14.2. The van der Waals surface area contributed by atoms with Gasteiger partial charge in [0.15, 0.2) is 0 Å². The Morgan fingerprint density at radius 3 is 2.73 bits per heavy atom. The largest absolute Gasteiger partial charge is 0.478 e. The number of benzene rings is 2. The number of aromatic carboxylic acids is 1. The van der Waals surface area contributed by atoms with E-state index in [2.05, 4.69) is 9.97 Å². The number of aromatic nitrogens is 3. The molecule has 2 heterocycles. The molecular weight excluding hydrogens is 352 g/mol. The van der Waals surface area contributed by atoms with Crippen LogP contribution in [0.5, 0.6) is 0 Å². The predicted octanol–water partition coefficient (Wildman–Crippen LogP) is 4.02. The summed E-state index contributed by atoms with van der Waals surface area (Å²) in [6, 6.07) is 12.0. The minimum Gasteiger partial charge on any atom is -0.478 e. The molecule has 0 aliphatic carbocycles. The Labute approximate surface area is 153 Å². The van der Waals surface area contributed by atoms with Gasteiger partial charge in [0.1, 0.15) is 0 Å². The minimum absolute atomic E-state index is 0.108. The highest BCUT2D eigenvalue weighted by molar-refractivity contribution is 6.31. The van der Waals surface area contributed by atoms with Crippen molar-refractivity contribution < 1.29 is 9.90 Å². The molecule has 4 aromatic rings. The number of hydrogen-bond acceptors (Lipinski definition) is 4. The fourth-order valence-corrected chi connectivity index (χ4v) is 3.04. The quantitative estimate of drug-likeness (QED) is 0.535. The Balaban J connectivity index is 2.01. The zero-order valence-electron chi connectivity index (χ0n) is 13.4. The summed E-state index contributed by atoms with van der Waals surface area (Å²) in [4.78, 5) is 20.1. The number of pyridine rings is 1. The molecule has 0 spiro atoms. The molecule has 0 atom stereocenters. The van der Waals surface area contributed by atoms with Crippen molar-refractivity contribution in [1.82, 2.24) is 14.5 Å². The van der Waals surface area contributed by atoms with Gasteiger partial charge in [0.25, 0.3) is 0 Å². The van der Waals surface area contributed by atoms with Crippen LogP contribution in [0.4, 0.5) is 5.69 Å². The molecule has 0 saturated heterocycles. The van der Waals surface area contributed by atoms with Crippen molar-refractivity contribution in [2.24, 2.45) is 0 Å². The predicted molar refractivity (Wildman–Crippen MR) is 101 cm³/mol. The SMILES string of the molecule is Nc1cc(C(=O)O)cc(-c2cc(-n3ccnc3)c3ccc(Cl)cc3n2)c1. The maximum Gasteiger partial charge on any atom is 0.335 e. The van der Waals surface area contributed by atoms with Crippen molar-refractivity contribution in [1.29, 1.82) is 0 Å². The number of anilines is 1. The zero-order chi connectivity index (χ0) is 18.3. The van der Waals surface area contributed by atoms with Crippen molar-refractivity contribution in [3.05, 3.63) is 71.8 Å². The summed E-state index contributed by atoms with van der Waals surface area (Å²) in [7, 11) is 0. The highest BCUT2D eigenvalue weighted by Crippen LogP contribution is 2.30. The Hall–Kier alpha value is -3.38. The van der Waals surface area contributed by atoms with Crippen molar-refractivity contribution in [3.63, 3.8) is 0 Å². The highest BCUT2D eigenvalue weighted by atomic mass is 35.5. The fraction of sp³-hybridized carbons (Fsp3) is 0. The first kappa shape index (κ1) is 16.1. The molecule has 0 bridgehead atoms. The monoisotopic (exact) mass is 364 g/mol. The number of carboxylic acid groups (broad SMARTS) is 1. The summed E-state index contributed by atoms with van der Waals surface area (Å²) < 4.78 is 1.87. The van der Waals surface area contributed by atoms with E-state index in [1.54, 1.807) is 36.8 Å². The van der Waals surface area contributed by atoms with E-state index in [4.69, 9.17) is 17.3 Å².